The van der Waals surface area contributed by atoms with Gasteiger partial charge in [-0.05, 0) is 25.9 Å². The molecule has 0 saturated carbocycles. The summed E-state index contributed by atoms with van der Waals surface area (Å²) in [7, 11) is 3.24. The summed E-state index contributed by atoms with van der Waals surface area (Å²) in [6.45, 7) is 1.34. The molecule has 0 aromatic carbocycles. The first-order valence-electron chi connectivity index (χ1n) is 6.49. The van der Waals surface area contributed by atoms with Crippen molar-refractivity contribution in [1.82, 2.24) is 10.2 Å². The summed E-state index contributed by atoms with van der Waals surface area (Å²) in [4.78, 5) is 1.46. The van der Waals surface area contributed by atoms with Crippen LogP contribution in [0.15, 0.2) is 0 Å². The van der Waals surface area contributed by atoms with E-state index >= 15 is 0 Å². The first-order chi connectivity index (χ1) is 8.94. The van der Waals surface area contributed by atoms with E-state index in [1.54, 1.807) is 14.2 Å². The van der Waals surface area contributed by atoms with E-state index in [2.05, 4.69) is 5.32 Å². The first-order valence-corrected chi connectivity index (χ1v) is 6.49. The van der Waals surface area contributed by atoms with Gasteiger partial charge in [0.15, 0.2) is 0 Å². The highest BCUT2D eigenvalue weighted by molar-refractivity contribution is 4.79. The van der Waals surface area contributed by atoms with Crippen LogP contribution in [0.3, 0.4) is 0 Å². The molecule has 19 heavy (non-hydrogen) atoms. The summed E-state index contributed by atoms with van der Waals surface area (Å²) >= 11 is 0. The van der Waals surface area contributed by atoms with Crippen LogP contribution in [0.5, 0.6) is 0 Å². The fourth-order valence-electron chi connectivity index (χ4n) is 2.24. The van der Waals surface area contributed by atoms with Crippen molar-refractivity contribution in [3.8, 4) is 0 Å². The van der Waals surface area contributed by atoms with Crippen LogP contribution in [-0.2, 0) is 9.47 Å². The molecule has 114 valence electrons. The molecule has 1 N–H and O–H groups in total. The number of halogens is 3. The molecule has 0 radical (unpaired) electrons. The number of piperidine rings is 1. The van der Waals surface area contributed by atoms with Crippen molar-refractivity contribution in [3.05, 3.63) is 0 Å². The standard InChI is InChI=1S/C12H23F3N2O2/c1-18-8-11(19-2)7-16-10-3-5-17(6-4-10)9-12(13,14)15/h10-11,16H,3-9H2,1-2H3. The summed E-state index contributed by atoms with van der Waals surface area (Å²) in [5.41, 5.74) is 0. The fraction of sp³-hybridized carbons (Fsp3) is 1.00. The zero-order valence-electron chi connectivity index (χ0n) is 11.5. The summed E-state index contributed by atoms with van der Waals surface area (Å²) in [5.74, 6) is 0. The van der Waals surface area contributed by atoms with Crippen molar-refractivity contribution in [2.24, 2.45) is 0 Å². The maximum absolute atomic E-state index is 12.2. The van der Waals surface area contributed by atoms with Crippen LogP contribution < -0.4 is 5.32 Å². The Morgan fingerprint density at radius 3 is 2.37 bits per heavy atom. The van der Waals surface area contributed by atoms with Gasteiger partial charge in [0, 0.05) is 26.8 Å². The number of likely N-dealkylation sites (tertiary alicyclic amines) is 1. The molecule has 4 nitrogen and oxygen atoms in total. The van der Waals surface area contributed by atoms with Crippen molar-refractivity contribution in [2.45, 2.75) is 31.2 Å². The average molecular weight is 284 g/mol. The summed E-state index contributed by atoms with van der Waals surface area (Å²) in [6, 6.07) is 0.263. The summed E-state index contributed by atoms with van der Waals surface area (Å²) < 4.78 is 46.9. The molecule has 0 aromatic heterocycles. The highest BCUT2D eigenvalue weighted by atomic mass is 19.4. The topological polar surface area (TPSA) is 33.7 Å². The van der Waals surface area contributed by atoms with Crippen LogP contribution in [0.2, 0.25) is 0 Å². The third-order valence-electron chi connectivity index (χ3n) is 3.31. The van der Waals surface area contributed by atoms with Gasteiger partial charge in [0.25, 0.3) is 0 Å². The normalized spacial score (nSPS) is 20.7. The summed E-state index contributed by atoms with van der Waals surface area (Å²) in [5, 5.41) is 3.33. The molecule has 1 atom stereocenters. The Balaban J connectivity index is 2.19. The van der Waals surface area contributed by atoms with Gasteiger partial charge in [-0.3, -0.25) is 4.90 Å². The third kappa shape index (κ3) is 7.10. The van der Waals surface area contributed by atoms with Crippen LogP contribution >= 0.6 is 0 Å². The lowest BCUT2D eigenvalue weighted by Gasteiger charge is -2.33. The second kappa shape index (κ2) is 8.04. The molecule has 0 spiro atoms. The number of ether oxygens (including phenoxy) is 2. The van der Waals surface area contributed by atoms with Crippen molar-refractivity contribution in [2.75, 3.05) is 47.0 Å². The second-order valence-electron chi connectivity index (χ2n) is 4.89. The molecule has 7 heteroatoms. The van der Waals surface area contributed by atoms with Crippen LogP contribution in [0, 0.1) is 0 Å². The van der Waals surface area contributed by atoms with E-state index in [1.807, 2.05) is 0 Å². The van der Waals surface area contributed by atoms with Gasteiger partial charge in [-0.1, -0.05) is 0 Å². The Hall–Kier alpha value is -0.370. The number of alkyl halides is 3. The molecule has 1 fully saturated rings. The Morgan fingerprint density at radius 2 is 1.89 bits per heavy atom. The SMILES string of the molecule is COCC(CNC1CCN(CC(F)(F)F)CC1)OC. The molecule has 1 unspecified atom stereocenters. The molecule has 0 aromatic rings. The van der Waals surface area contributed by atoms with Gasteiger partial charge in [0.05, 0.1) is 19.3 Å². The molecule has 1 aliphatic heterocycles. The number of hydrogen-bond acceptors (Lipinski definition) is 4. The lowest BCUT2D eigenvalue weighted by molar-refractivity contribution is -0.148. The number of hydrogen-bond donors (Lipinski definition) is 1. The van der Waals surface area contributed by atoms with Crippen LogP contribution in [0.25, 0.3) is 0 Å². The quantitative estimate of drug-likeness (QED) is 0.763. The minimum Gasteiger partial charge on any atom is -0.382 e. The van der Waals surface area contributed by atoms with Crippen molar-refractivity contribution in [1.29, 1.82) is 0 Å². The largest absolute Gasteiger partial charge is 0.401 e. The third-order valence-corrected chi connectivity index (χ3v) is 3.31. The number of nitrogens with zero attached hydrogens (tertiary/aromatic N) is 1. The van der Waals surface area contributed by atoms with E-state index in [4.69, 9.17) is 9.47 Å². The zero-order valence-corrected chi connectivity index (χ0v) is 11.5. The maximum atomic E-state index is 12.2. The summed E-state index contributed by atoms with van der Waals surface area (Å²) in [6.07, 6.45) is -2.64. The van der Waals surface area contributed by atoms with Gasteiger partial charge < -0.3 is 14.8 Å². The van der Waals surface area contributed by atoms with Gasteiger partial charge in [-0.2, -0.15) is 13.2 Å². The molecule has 0 aliphatic carbocycles. The van der Waals surface area contributed by atoms with Gasteiger partial charge in [0.2, 0.25) is 0 Å². The molecule has 1 aliphatic rings. The minimum absolute atomic E-state index is 0.0156. The van der Waals surface area contributed by atoms with E-state index < -0.39 is 12.7 Å². The van der Waals surface area contributed by atoms with Crippen molar-refractivity contribution >= 4 is 0 Å². The zero-order chi connectivity index (χ0) is 14.3. The van der Waals surface area contributed by atoms with E-state index in [0.29, 0.717) is 26.2 Å². The molecule has 1 saturated heterocycles. The van der Waals surface area contributed by atoms with E-state index in [1.165, 1.54) is 4.90 Å². The van der Waals surface area contributed by atoms with Crippen molar-refractivity contribution in [3.63, 3.8) is 0 Å². The molecular weight excluding hydrogens is 261 g/mol. The molecule has 0 bridgehead atoms. The molecule has 0 amide bonds. The van der Waals surface area contributed by atoms with Gasteiger partial charge in [-0.15, -0.1) is 0 Å². The van der Waals surface area contributed by atoms with Crippen LogP contribution in [0.4, 0.5) is 13.2 Å². The van der Waals surface area contributed by atoms with Crippen LogP contribution in [0.1, 0.15) is 12.8 Å². The Kier molecular flexibility index (Phi) is 7.06. The first kappa shape index (κ1) is 16.7. The fourth-order valence-corrected chi connectivity index (χ4v) is 2.24. The number of nitrogens with one attached hydrogen (secondary N) is 1. The monoisotopic (exact) mass is 284 g/mol. The van der Waals surface area contributed by atoms with Gasteiger partial charge in [0.1, 0.15) is 0 Å². The highest BCUT2D eigenvalue weighted by Crippen LogP contribution is 2.19. The predicted molar refractivity (Wildman–Crippen MR) is 66.2 cm³/mol. The average Bonchev–Trinajstić information content (AvgIpc) is 2.34. The smallest absolute Gasteiger partial charge is 0.382 e. The Morgan fingerprint density at radius 1 is 1.26 bits per heavy atom. The van der Waals surface area contributed by atoms with Gasteiger partial charge in [-0.25, -0.2) is 0 Å². The van der Waals surface area contributed by atoms with Crippen molar-refractivity contribution < 1.29 is 22.6 Å². The second-order valence-corrected chi connectivity index (χ2v) is 4.89. The minimum atomic E-state index is -4.10. The van der Waals surface area contributed by atoms with E-state index in [-0.39, 0.29) is 12.1 Å². The number of methoxy groups -OCH3 is 2. The maximum Gasteiger partial charge on any atom is 0.401 e. The predicted octanol–water partition coefficient (Wildman–Crippen LogP) is 1.26. The Bertz CT molecular complexity index is 244. The lowest BCUT2D eigenvalue weighted by Crippen LogP contribution is -2.47. The Labute approximate surface area is 112 Å². The van der Waals surface area contributed by atoms with Crippen LogP contribution in [-0.4, -0.2) is 70.2 Å². The molecule has 1 rings (SSSR count). The molecular formula is C12H23F3N2O2. The van der Waals surface area contributed by atoms with Gasteiger partial charge >= 0.3 is 6.18 Å². The highest BCUT2D eigenvalue weighted by Gasteiger charge is 2.32. The van der Waals surface area contributed by atoms with E-state index in [0.717, 1.165) is 12.8 Å². The van der Waals surface area contributed by atoms with E-state index in [9.17, 15) is 13.2 Å². The number of rotatable bonds is 7. The molecule has 1 heterocycles. The lowest BCUT2D eigenvalue weighted by atomic mass is 10.0.